The minimum atomic E-state index is -0.759. The first kappa shape index (κ1) is 16.9. The molecule has 0 radical (unpaired) electrons. The summed E-state index contributed by atoms with van der Waals surface area (Å²) in [5.74, 6) is -1.16. The molecule has 5 nitrogen and oxygen atoms in total. The molecule has 0 aliphatic rings. The zero-order chi connectivity index (χ0) is 15.3. The summed E-state index contributed by atoms with van der Waals surface area (Å²) in [4.78, 5) is 23.1. The molecular formula is C12H12Cl3NO4. The lowest BCUT2D eigenvalue weighted by atomic mass is 10.2. The van der Waals surface area contributed by atoms with Crippen molar-refractivity contribution in [2.75, 3.05) is 20.3 Å². The van der Waals surface area contributed by atoms with E-state index in [2.05, 4.69) is 10.1 Å². The van der Waals surface area contributed by atoms with Crippen LogP contribution in [0.2, 0.25) is 15.1 Å². The Balaban J connectivity index is 3.14. The highest BCUT2D eigenvalue weighted by Crippen LogP contribution is 2.39. The number of amides is 1. The van der Waals surface area contributed by atoms with Gasteiger partial charge in [0.1, 0.15) is 5.56 Å². The molecule has 0 aliphatic carbocycles. The summed E-state index contributed by atoms with van der Waals surface area (Å²) in [6.07, 6.45) is 0. The summed E-state index contributed by atoms with van der Waals surface area (Å²) in [5, 5.41) is 2.64. The second-order valence-electron chi connectivity index (χ2n) is 3.59. The number of benzene rings is 1. The van der Waals surface area contributed by atoms with Crippen molar-refractivity contribution in [2.24, 2.45) is 0 Å². The highest BCUT2D eigenvalue weighted by Gasteiger charge is 2.24. The molecule has 1 aromatic rings. The van der Waals surface area contributed by atoms with Gasteiger partial charge >= 0.3 is 5.97 Å². The van der Waals surface area contributed by atoms with Crippen LogP contribution in [0.5, 0.6) is 5.75 Å². The minimum absolute atomic E-state index is 0.0424. The van der Waals surface area contributed by atoms with Gasteiger partial charge in [0.05, 0.1) is 22.2 Å². The standard InChI is InChI=1S/C12H12Cl3NO4/c1-3-16-8(17)5-20-11-7(14)4-6(13)10(15)9(11)12(18)19-2/h4H,3,5H2,1-2H3,(H,16,17). The van der Waals surface area contributed by atoms with Crippen molar-refractivity contribution in [1.29, 1.82) is 0 Å². The number of methoxy groups -OCH3 is 1. The number of rotatable bonds is 5. The second-order valence-corrected chi connectivity index (χ2v) is 4.78. The van der Waals surface area contributed by atoms with Gasteiger partial charge in [0.2, 0.25) is 0 Å². The van der Waals surface area contributed by atoms with Crippen LogP contribution >= 0.6 is 34.8 Å². The van der Waals surface area contributed by atoms with Crippen LogP contribution in [0.25, 0.3) is 0 Å². The SMILES string of the molecule is CCNC(=O)COc1c(Cl)cc(Cl)c(Cl)c1C(=O)OC. The van der Waals surface area contributed by atoms with E-state index in [1.807, 2.05) is 0 Å². The molecule has 0 atom stereocenters. The van der Waals surface area contributed by atoms with Crippen molar-refractivity contribution in [1.82, 2.24) is 5.32 Å². The number of likely N-dealkylation sites (N-methyl/N-ethyl adjacent to an activating group) is 1. The second kappa shape index (κ2) is 7.57. The summed E-state index contributed by atoms with van der Waals surface area (Å²) in [5.41, 5.74) is -0.115. The molecule has 0 unspecified atom stereocenters. The molecule has 1 N–H and O–H groups in total. The number of halogens is 3. The van der Waals surface area contributed by atoms with Gasteiger partial charge in [-0.25, -0.2) is 4.79 Å². The van der Waals surface area contributed by atoms with Crippen LogP contribution in [-0.2, 0) is 9.53 Å². The molecule has 1 amide bonds. The summed E-state index contributed by atoms with van der Waals surface area (Å²) in [6.45, 7) is 1.92. The molecular weight excluding hydrogens is 328 g/mol. The fourth-order valence-electron chi connectivity index (χ4n) is 1.39. The molecule has 0 aromatic heterocycles. The predicted octanol–water partition coefficient (Wildman–Crippen LogP) is 2.95. The van der Waals surface area contributed by atoms with Crippen molar-refractivity contribution in [3.05, 3.63) is 26.7 Å². The van der Waals surface area contributed by atoms with Crippen LogP contribution in [0.4, 0.5) is 0 Å². The number of carbonyl (C=O) groups excluding carboxylic acids is 2. The van der Waals surface area contributed by atoms with Crippen LogP contribution < -0.4 is 10.1 Å². The van der Waals surface area contributed by atoms with E-state index in [9.17, 15) is 9.59 Å². The summed E-state index contributed by atoms with van der Waals surface area (Å²) < 4.78 is 9.85. The molecule has 1 aromatic carbocycles. The summed E-state index contributed by atoms with van der Waals surface area (Å²) in [6, 6.07) is 1.32. The average molecular weight is 341 g/mol. The monoisotopic (exact) mass is 339 g/mol. The number of nitrogens with one attached hydrogen (secondary N) is 1. The van der Waals surface area contributed by atoms with Gasteiger partial charge in [-0.15, -0.1) is 0 Å². The Hall–Kier alpha value is -1.17. The van der Waals surface area contributed by atoms with Crippen molar-refractivity contribution >= 4 is 46.7 Å². The first-order chi connectivity index (χ1) is 9.42. The van der Waals surface area contributed by atoms with E-state index in [1.165, 1.54) is 13.2 Å². The maximum atomic E-state index is 11.7. The highest BCUT2D eigenvalue weighted by atomic mass is 35.5. The number of ether oxygens (including phenoxy) is 2. The van der Waals surface area contributed by atoms with Crippen LogP contribution in [0, 0.1) is 0 Å². The van der Waals surface area contributed by atoms with Crippen LogP contribution in [-0.4, -0.2) is 32.1 Å². The third-order valence-corrected chi connectivity index (χ3v) is 3.31. The molecule has 0 aliphatic heterocycles. The molecule has 0 saturated carbocycles. The Morgan fingerprint density at radius 2 is 1.90 bits per heavy atom. The van der Waals surface area contributed by atoms with Crippen LogP contribution in [0.3, 0.4) is 0 Å². The van der Waals surface area contributed by atoms with Crippen molar-refractivity contribution in [2.45, 2.75) is 6.92 Å². The Morgan fingerprint density at radius 1 is 1.25 bits per heavy atom. The van der Waals surface area contributed by atoms with Gasteiger partial charge in [-0.3, -0.25) is 4.79 Å². The predicted molar refractivity (Wildman–Crippen MR) is 77.0 cm³/mol. The third-order valence-electron chi connectivity index (χ3n) is 2.24. The molecule has 8 heteroatoms. The van der Waals surface area contributed by atoms with Gasteiger partial charge in [-0.05, 0) is 13.0 Å². The number of hydrogen-bond donors (Lipinski definition) is 1. The van der Waals surface area contributed by atoms with Gasteiger partial charge in [0.15, 0.2) is 12.4 Å². The summed E-state index contributed by atoms with van der Waals surface area (Å²) in [7, 11) is 1.18. The number of carbonyl (C=O) groups is 2. The van der Waals surface area contributed by atoms with Crippen LogP contribution in [0.15, 0.2) is 6.07 Å². The lowest BCUT2D eigenvalue weighted by molar-refractivity contribution is -0.123. The molecule has 110 valence electrons. The first-order valence-corrected chi connectivity index (χ1v) is 6.71. The van der Waals surface area contributed by atoms with E-state index < -0.39 is 5.97 Å². The first-order valence-electron chi connectivity index (χ1n) is 5.57. The van der Waals surface area contributed by atoms with E-state index in [0.29, 0.717) is 6.54 Å². The topological polar surface area (TPSA) is 64.6 Å². The lowest BCUT2D eigenvalue weighted by Crippen LogP contribution is -2.28. The minimum Gasteiger partial charge on any atom is -0.481 e. The highest BCUT2D eigenvalue weighted by molar-refractivity contribution is 6.45. The van der Waals surface area contributed by atoms with Crippen LogP contribution in [0.1, 0.15) is 17.3 Å². The lowest BCUT2D eigenvalue weighted by Gasteiger charge is -2.14. The number of esters is 1. The maximum Gasteiger partial charge on any atom is 0.343 e. The molecule has 0 bridgehead atoms. The number of hydrogen-bond acceptors (Lipinski definition) is 4. The van der Waals surface area contributed by atoms with E-state index in [-0.39, 0.29) is 38.9 Å². The zero-order valence-electron chi connectivity index (χ0n) is 10.8. The fourth-order valence-corrected chi connectivity index (χ4v) is 2.13. The van der Waals surface area contributed by atoms with E-state index in [4.69, 9.17) is 39.5 Å². The van der Waals surface area contributed by atoms with Gasteiger partial charge in [0, 0.05) is 6.54 Å². The third kappa shape index (κ3) is 3.91. The largest absolute Gasteiger partial charge is 0.481 e. The van der Waals surface area contributed by atoms with E-state index in [1.54, 1.807) is 6.92 Å². The molecule has 0 heterocycles. The van der Waals surface area contributed by atoms with Gasteiger partial charge in [-0.2, -0.15) is 0 Å². The normalized spacial score (nSPS) is 10.1. The fraction of sp³-hybridized carbons (Fsp3) is 0.333. The van der Waals surface area contributed by atoms with Crippen molar-refractivity contribution in [3.63, 3.8) is 0 Å². The van der Waals surface area contributed by atoms with Gasteiger partial charge in [-0.1, -0.05) is 34.8 Å². The maximum absolute atomic E-state index is 11.7. The molecule has 0 saturated heterocycles. The Kier molecular flexibility index (Phi) is 6.39. The Labute approximate surface area is 131 Å². The zero-order valence-corrected chi connectivity index (χ0v) is 13.0. The molecule has 1 rings (SSSR count). The summed E-state index contributed by atoms with van der Waals surface area (Å²) >= 11 is 17.8. The average Bonchev–Trinajstić information content (AvgIpc) is 2.40. The van der Waals surface area contributed by atoms with Gasteiger partial charge in [0.25, 0.3) is 5.91 Å². The quantitative estimate of drug-likeness (QED) is 0.661. The smallest absolute Gasteiger partial charge is 0.343 e. The van der Waals surface area contributed by atoms with Crippen molar-refractivity contribution < 1.29 is 19.1 Å². The Bertz CT molecular complexity index is 534. The van der Waals surface area contributed by atoms with E-state index in [0.717, 1.165) is 0 Å². The molecule has 20 heavy (non-hydrogen) atoms. The van der Waals surface area contributed by atoms with E-state index >= 15 is 0 Å². The molecule has 0 spiro atoms. The Morgan fingerprint density at radius 3 is 2.45 bits per heavy atom. The van der Waals surface area contributed by atoms with Crippen molar-refractivity contribution in [3.8, 4) is 5.75 Å². The molecule has 0 fully saturated rings. The van der Waals surface area contributed by atoms with Gasteiger partial charge < -0.3 is 14.8 Å².